The Kier molecular flexibility index (Phi) is 8.18. The number of benzene rings is 1. The summed E-state index contributed by atoms with van der Waals surface area (Å²) in [5.41, 5.74) is 2.59. The molecular weight excluding hydrogens is 352 g/mol. The first-order chi connectivity index (χ1) is 13.8. The van der Waals surface area contributed by atoms with Gasteiger partial charge in [0, 0.05) is 56.3 Å². The van der Waals surface area contributed by atoms with Gasteiger partial charge in [0.05, 0.1) is 19.8 Å². The third-order valence-corrected chi connectivity index (χ3v) is 5.25. The van der Waals surface area contributed by atoms with Gasteiger partial charge in [0.2, 0.25) is 0 Å². The van der Waals surface area contributed by atoms with Crippen LogP contribution in [0.2, 0.25) is 0 Å². The molecule has 6 nitrogen and oxygen atoms in total. The lowest BCUT2D eigenvalue weighted by Gasteiger charge is -2.21. The molecule has 0 bridgehead atoms. The van der Waals surface area contributed by atoms with E-state index in [0.717, 1.165) is 58.0 Å². The third-order valence-electron chi connectivity index (χ3n) is 5.25. The molecule has 1 unspecified atom stereocenters. The van der Waals surface area contributed by atoms with Crippen LogP contribution in [0.15, 0.2) is 35.5 Å². The van der Waals surface area contributed by atoms with Crippen molar-refractivity contribution in [1.29, 1.82) is 0 Å². The fraction of sp³-hybridized carbons (Fsp3) is 0.591. The molecule has 2 aromatic rings. The van der Waals surface area contributed by atoms with Gasteiger partial charge in [-0.15, -0.1) is 0 Å². The van der Waals surface area contributed by atoms with Crippen LogP contribution >= 0.6 is 0 Å². The topological polar surface area (TPSA) is 61.9 Å². The molecule has 154 valence electrons. The molecule has 0 radical (unpaired) electrons. The van der Waals surface area contributed by atoms with Gasteiger partial charge in [0.1, 0.15) is 0 Å². The van der Waals surface area contributed by atoms with E-state index >= 15 is 0 Å². The minimum Gasteiger partial charge on any atom is -0.382 e. The lowest BCUT2D eigenvalue weighted by atomic mass is 10.1. The van der Waals surface area contributed by atoms with Crippen LogP contribution in [-0.4, -0.2) is 69.0 Å². The van der Waals surface area contributed by atoms with E-state index in [1.807, 2.05) is 0 Å². The zero-order valence-corrected chi connectivity index (χ0v) is 17.2. The van der Waals surface area contributed by atoms with Crippen molar-refractivity contribution in [2.75, 3.05) is 53.1 Å². The van der Waals surface area contributed by atoms with Gasteiger partial charge in [0.25, 0.3) is 0 Å². The second kappa shape index (κ2) is 11.1. The highest BCUT2D eigenvalue weighted by molar-refractivity contribution is 5.83. The predicted molar refractivity (Wildman–Crippen MR) is 115 cm³/mol. The molecule has 1 aromatic heterocycles. The molecule has 2 heterocycles. The summed E-state index contributed by atoms with van der Waals surface area (Å²) in [7, 11) is 1.71. The summed E-state index contributed by atoms with van der Waals surface area (Å²) in [6.07, 6.45) is 5.39. The van der Waals surface area contributed by atoms with Crippen LogP contribution in [0.25, 0.3) is 10.9 Å². The maximum Gasteiger partial charge on any atom is 0.193 e. The maximum absolute atomic E-state index is 5.71. The molecule has 1 atom stereocenters. The number of H-pyrrole nitrogens is 1. The van der Waals surface area contributed by atoms with Gasteiger partial charge in [-0.05, 0) is 37.8 Å². The van der Waals surface area contributed by atoms with Gasteiger partial charge in [-0.2, -0.15) is 0 Å². The Labute approximate surface area is 168 Å². The number of aromatic amines is 1. The summed E-state index contributed by atoms with van der Waals surface area (Å²) in [6.45, 7) is 8.07. The van der Waals surface area contributed by atoms with Crippen LogP contribution in [-0.2, 0) is 15.9 Å². The van der Waals surface area contributed by atoms with Crippen LogP contribution in [0.4, 0.5) is 0 Å². The number of ether oxygens (including phenoxy) is 2. The van der Waals surface area contributed by atoms with Crippen molar-refractivity contribution in [3.8, 4) is 0 Å². The van der Waals surface area contributed by atoms with Crippen molar-refractivity contribution < 1.29 is 9.47 Å². The first-order valence-corrected chi connectivity index (χ1v) is 10.5. The standard InChI is InChI=1S/C22H34N4O2/c1-3-23-22(26-12-10-18(16-26)17-28-14-13-27-2)24-11-6-7-19-15-25-21-9-5-4-8-20(19)21/h4-5,8-9,15,18,25H,3,6-7,10-14,16-17H2,1-2H3,(H,23,24). The Morgan fingerprint density at radius 1 is 1.32 bits per heavy atom. The molecule has 1 fully saturated rings. The number of methoxy groups -OCH3 is 1. The summed E-state index contributed by atoms with van der Waals surface area (Å²) in [4.78, 5) is 10.6. The number of aliphatic imine (C=N–C) groups is 1. The summed E-state index contributed by atoms with van der Waals surface area (Å²) in [6, 6.07) is 8.49. The number of fused-ring (bicyclic) bond motifs is 1. The minimum absolute atomic E-state index is 0.576. The van der Waals surface area contributed by atoms with E-state index in [-0.39, 0.29) is 0 Å². The number of rotatable bonds is 10. The SMILES string of the molecule is CCNC(=NCCCc1c[nH]c2ccccc12)N1CCC(COCCOC)C1. The van der Waals surface area contributed by atoms with Crippen molar-refractivity contribution in [1.82, 2.24) is 15.2 Å². The third kappa shape index (κ3) is 5.72. The van der Waals surface area contributed by atoms with Crippen LogP contribution in [0.1, 0.15) is 25.3 Å². The molecule has 6 heteroatoms. The number of aromatic nitrogens is 1. The van der Waals surface area contributed by atoms with Gasteiger partial charge in [-0.3, -0.25) is 4.99 Å². The normalized spacial score (nSPS) is 17.6. The lowest BCUT2D eigenvalue weighted by molar-refractivity contribution is 0.0536. The van der Waals surface area contributed by atoms with E-state index < -0.39 is 0 Å². The first kappa shape index (κ1) is 20.7. The molecule has 0 spiro atoms. The molecule has 1 saturated heterocycles. The van der Waals surface area contributed by atoms with E-state index in [4.69, 9.17) is 14.5 Å². The lowest BCUT2D eigenvalue weighted by Crippen LogP contribution is -2.40. The number of hydrogen-bond acceptors (Lipinski definition) is 3. The van der Waals surface area contributed by atoms with Crippen molar-refractivity contribution in [3.63, 3.8) is 0 Å². The van der Waals surface area contributed by atoms with Crippen LogP contribution in [0.5, 0.6) is 0 Å². The Bertz CT molecular complexity index is 743. The number of aryl methyl sites for hydroxylation is 1. The minimum atomic E-state index is 0.576. The molecule has 0 saturated carbocycles. The van der Waals surface area contributed by atoms with E-state index in [0.29, 0.717) is 19.1 Å². The quantitative estimate of drug-likeness (QED) is 0.374. The Morgan fingerprint density at radius 2 is 2.21 bits per heavy atom. The summed E-state index contributed by atoms with van der Waals surface area (Å²) in [5.74, 6) is 1.62. The van der Waals surface area contributed by atoms with Gasteiger partial charge in [0.15, 0.2) is 5.96 Å². The number of nitrogens with zero attached hydrogens (tertiary/aromatic N) is 2. The molecule has 1 aliphatic heterocycles. The van der Waals surface area contributed by atoms with E-state index in [2.05, 4.69) is 52.6 Å². The molecule has 2 N–H and O–H groups in total. The van der Waals surface area contributed by atoms with Crippen LogP contribution in [0.3, 0.4) is 0 Å². The molecular formula is C22H34N4O2. The van der Waals surface area contributed by atoms with Gasteiger partial charge in [-0.25, -0.2) is 0 Å². The molecule has 0 amide bonds. The highest BCUT2D eigenvalue weighted by Gasteiger charge is 2.24. The number of guanidine groups is 1. The van der Waals surface area contributed by atoms with Crippen molar-refractivity contribution >= 4 is 16.9 Å². The van der Waals surface area contributed by atoms with Crippen molar-refractivity contribution in [3.05, 3.63) is 36.0 Å². The van der Waals surface area contributed by atoms with Gasteiger partial charge >= 0.3 is 0 Å². The second-order valence-corrected chi connectivity index (χ2v) is 7.37. The Hall–Kier alpha value is -2.05. The Morgan fingerprint density at radius 3 is 3.07 bits per heavy atom. The number of hydrogen-bond donors (Lipinski definition) is 2. The first-order valence-electron chi connectivity index (χ1n) is 10.5. The zero-order valence-electron chi connectivity index (χ0n) is 17.2. The van der Waals surface area contributed by atoms with Crippen molar-refractivity contribution in [2.45, 2.75) is 26.2 Å². The van der Waals surface area contributed by atoms with Gasteiger partial charge in [-0.1, -0.05) is 18.2 Å². The average molecular weight is 387 g/mol. The highest BCUT2D eigenvalue weighted by atomic mass is 16.5. The number of nitrogens with one attached hydrogen (secondary N) is 2. The maximum atomic E-state index is 5.71. The van der Waals surface area contributed by atoms with Crippen LogP contribution < -0.4 is 5.32 Å². The van der Waals surface area contributed by atoms with Crippen LogP contribution in [0, 0.1) is 5.92 Å². The fourth-order valence-corrected chi connectivity index (χ4v) is 3.77. The largest absolute Gasteiger partial charge is 0.382 e. The van der Waals surface area contributed by atoms with Crippen molar-refractivity contribution in [2.24, 2.45) is 10.9 Å². The summed E-state index contributed by atoms with van der Waals surface area (Å²) >= 11 is 0. The molecule has 0 aliphatic carbocycles. The van der Waals surface area contributed by atoms with Gasteiger partial charge < -0.3 is 24.7 Å². The van der Waals surface area contributed by atoms with E-state index in [9.17, 15) is 0 Å². The average Bonchev–Trinajstić information content (AvgIpc) is 3.35. The highest BCUT2D eigenvalue weighted by Crippen LogP contribution is 2.19. The van der Waals surface area contributed by atoms with E-state index in [1.165, 1.54) is 16.5 Å². The number of para-hydroxylation sites is 1. The smallest absolute Gasteiger partial charge is 0.193 e. The monoisotopic (exact) mass is 386 g/mol. The zero-order chi connectivity index (χ0) is 19.6. The molecule has 1 aromatic carbocycles. The second-order valence-electron chi connectivity index (χ2n) is 7.37. The molecule has 1 aliphatic rings. The van der Waals surface area contributed by atoms with E-state index in [1.54, 1.807) is 7.11 Å². The summed E-state index contributed by atoms with van der Waals surface area (Å²) in [5, 5.41) is 4.78. The molecule has 3 rings (SSSR count). The Balaban J connectivity index is 1.46. The fourth-order valence-electron chi connectivity index (χ4n) is 3.77. The number of likely N-dealkylation sites (tertiary alicyclic amines) is 1. The summed E-state index contributed by atoms with van der Waals surface area (Å²) < 4.78 is 10.7. The predicted octanol–water partition coefficient (Wildman–Crippen LogP) is 3.05. The molecule has 28 heavy (non-hydrogen) atoms.